The van der Waals surface area contributed by atoms with Crippen LogP contribution in [0.1, 0.15) is 11.1 Å². The van der Waals surface area contributed by atoms with E-state index < -0.39 is 17.3 Å². The number of alkyl halides is 3. The molecule has 29 heavy (non-hydrogen) atoms. The van der Waals surface area contributed by atoms with Crippen molar-refractivity contribution in [3.05, 3.63) is 75.3 Å². The van der Waals surface area contributed by atoms with E-state index in [1.54, 1.807) is 23.7 Å². The summed E-state index contributed by atoms with van der Waals surface area (Å²) in [5.41, 5.74) is -0.144. The number of rotatable bonds is 5. The van der Waals surface area contributed by atoms with E-state index in [9.17, 15) is 18.0 Å². The lowest BCUT2D eigenvalue weighted by Gasteiger charge is -2.20. The average Bonchev–Trinajstić information content (AvgIpc) is 2.70. The van der Waals surface area contributed by atoms with Gasteiger partial charge < -0.3 is 4.90 Å². The highest BCUT2D eigenvalue weighted by atomic mass is 35.5. The first-order chi connectivity index (χ1) is 13.7. The lowest BCUT2D eigenvalue weighted by atomic mass is 10.2. The van der Waals surface area contributed by atoms with E-state index >= 15 is 0 Å². The zero-order valence-electron chi connectivity index (χ0n) is 15.4. The number of thioether (sulfide) groups is 1. The molecule has 2 heterocycles. The molecule has 0 N–H and O–H groups in total. The highest BCUT2D eigenvalue weighted by Gasteiger charge is 2.30. The monoisotopic (exact) mass is 440 g/mol. The Kier molecular flexibility index (Phi) is 6.18. The molecule has 0 saturated heterocycles. The Morgan fingerprint density at radius 2 is 1.83 bits per heavy atom. The largest absolute Gasteiger partial charge is 0.417 e. The minimum atomic E-state index is -4.51. The van der Waals surface area contributed by atoms with E-state index in [2.05, 4.69) is 10.1 Å². The van der Waals surface area contributed by atoms with Crippen LogP contribution in [0.3, 0.4) is 0 Å². The lowest BCUT2D eigenvalue weighted by Crippen LogP contribution is -2.26. The van der Waals surface area contributed by atoms with Crippen LogP contribution in [0.5, 0.6) is 0 Å². The second-order valence-corrected chi connectivity index (χ2v) is 7.43. The van der Waals surface area contributed by atoms with Crippen LogP contribution in [0.15, 0.2) is 58.5 Å². The molecule has 0 spiro atoms. The van der Waals surface area contributed by atoms with Crippen LogP contribution < -0.4 is 10.5 Å². The standard InChI is InChI=1S/C19H16ClF3N4OS/c1-26(11-12-3-6-14(29-2)7-4-12)15-10-25-27(18(28)17(15)20)16-8-5-13(9-24-16)19(21,22)23/h3-10H,11H2,1-2H3. The van der Waals surface area contributed by atoms with E-state index in [-0.39, 0.29) is 10.8 Å². The second kappa shape index (κ2) is 8.46. The average molecular weight is 441 g/mol. The Bertz CT molecular complexity index is 1050. The molecule has 0 radical (unpaired) electrons. The molecule has 0 aliphatic heterocycles. The molecule has 3 rings (SSSR count). The Hall–Kier alpha value is -2.52. The van der Waals surface area contributed by atoms with Gasteiger partial charge in [0.15, 0.2) is 5.82 Å². The summed E-state index contributed by atoms with van der Waals surface area (Å²) >= 11 is 7.88. The van der Waals surface area contributed by atoms with E-state index in [4.69, 9.17) is 11.6 Å². The van der Waals surface area contributed by atoms with E-state index in [0.29, 0.717) is 18.4 Å². The molecule has 0 fully saturated rings. The van der Waals surface area contributed by atoms with Gasteiger partial charge in [-0.15, -0.1) is 11.8 Å². The molecule has 5 nitrogen and oxygen atoms in total. The van der Waals surface area contributed by atoms with Crippen molar-refractivity contribution in [2.75, 3.05) is 18.2 Å². The quantitative estimate of drug-likeness (QED) is 0.540. The summed E-state index contributed by atoms with van der Waals surface area (Å²) in [4.78, 5) is 19.2. The third-order valence-electron chi connectivity index (χ3n) is 4.18. The van der Waals surface area contributed by atoms with Gasteiger partial charge in [-0.2, -0.15) is 23.0 Å². The van der Waals surface area contributed by atoms with Crippen LogP contribution in [-0.4, -0.2) is 28.1 Å². The van der Waals surface area contributed by atoms with Crippen LogP contribution in [0.4, 0.5) is 18.9 Å². The summed E-state index contributed by atoms with van der Waals surface area (Å²) in [6.07, 6.45) is -0.482. The van der Waals surface area contributed by atoms with E-state index in [1.165, 1.54) is 6.20 Å². The Balaban J connectivity index is 1.86. The van der Waals surface area contributed by atoms with Gasteiger partial charge in [0.1, 0.15) is 5.02 Å². The van der Waals surface area contributed by atoms with Gasteiger partial charge in [0.25, 0.3) is 5.56 Å². The zero-order chi connectivity index (χ0) is 21.2. The summed E-state index contributed by atoms with van der Waals surface area (Å²) in [5.74, 6) is -0.0493. The third kappa shape index (κ3) is 4.73. The van der Waals surface area contributed by atoms with E-state index in [0.717, 1.165) is 27.3 Å². The van der Waals surface area contributed by atoms with Gasteiger partial charge in [0.05, 0.1) is 17.4 Å². The van der Waals surface area contributed by atoms with Crippen LogP contribution in [0.2, 0.25) is 5.02 Å². The molecule has 10 heteroatoms. The van der Waals surface area contributed by atoms with Gasteiger partial charge in [0.2, 0.25) is 0 Å². The summed E-state index contributed by atoms with van der Waals surface area (Å²) in [6.45, 7) is 0.498. The van der Waals surface area contributed by atoms with Gasteiger partial charge in [-0.1, -0.05) is 23.7 Å². The predicted molar refractivity (Wildman–Crippen MR) is 108 cm³/mol. The first kappa shape index (κ1) is 21.2. The molecule has 0 amide bonds. The minimum Gasteiger partial charge on any atom is -0.368 e. The van der Waals surface area contributed by atoms with Crippen LogP contribution in [-0.2, 0) is 12.7 Å². The highest BCUT2D eigenvalue weighted by Crippen LogP contribution is 2.29. The fourth-order valence-corrected chi connectivity index (χ4v) is 3.30. The smallest absolute Gasteiger partial charge is 0.368 e. The van der Waals surface area contributed by atoms with E-state index in [1.807, 2.05) is 30.5 Å². The number of nitrogens with zero attached hydrogens (tertiary/aromatic N) is 4. The molecular weight excluding hydrogens is 425 g/mol. The fourth-order valence-electron chi connectivity index (χ4n) is 2.62. The van der Waals surface area contributed by atoms with Crippen molar-refractivity contribution in [2.24, 2.45) is 0 Å². The first-order valence-electron chi connectivity index (χ1n) is 8.36. The summed E-state index contributed by atoms with van der Waals surface area (Å²) in [6, 6.07) is 9.88. The fraction of sp³-hybridized carbons (Fsp3) is 0.211. The van der Waals surface area contributed by atoms with Crippen molar-refractivity contribution in [3.63, 3.8) is 0 Å². The maximum Gasteiger partial charge on any atom is 0.417 e. The molecule has 0 bridgehead atoms. The third-order valence-corrected chi connectivity index (χ3v) is 5.28. The number of hydrogen-bond donors (Lipinski definition) is 0. The van der Waals surface area contributed by atoms with Crippen molar-refractivity contribution < 1.29 is 13.2 Å². The summed E-state index contributed by atoms with van der Waals surface area (Å²) < 4.78 is 38.9. The molecular formula is C19H16ClF3N4OS. The summed E-state index contributed by atoms with van der Waals surface area (Å²) in [7, 11) is 1.77. The van der Waals surface area contributed by atoms with Crippen molar-refractivity contribution >= 4 is 29.1 Å². The van der Waals surface area contributed by atoms with Crippen molar-refractivity contribution in [3.8, 4) is 5.82 Å². The Morgan fingerprint density at radius 3 is 2.38 bits per heavy atom. The van der Waals surface area contributed by atoms with Gasteiger partial charge in [-0.05, 0) is 36.1 Å². The van der Waals surface area contributed by atoms with Crippen LogP contribution in [0.25, 0.3) is 5.82 Å². The van der Waals surface area contributed by atoms with Crippen molar-refractivity contribution in [1.82, 2.24) is 14.8 Å². The molecule has 0 atom stereocenters. The maximum absolute atomic E-state index is 12.7. The van der Waals surface area contributed by atoms with Gasteiger partial charge >= 0.3 is 6.18 Å². The SMILES string of the molecule is CSc1ccc(CN(C)c2cnn(-c3ccc(C(F)(F)F)cn3)c(=O)c2Cl)cc1. The van der Waals surface area contributed by atoms with Crippen molar-refractivity contribution in [2.45, 2.75) is 17.6 Å². The number of benzene rings is 1. The molecule has 1 aromatic carbocycles. The maximum atomic E-state index is 12.7. The molecule has 152 valence electrons. The number of anilines is 1. The number of aromatic nitrogens is 3. The number of hydrogen-bond acceptors (Lipinski definition) is 5. The Morgan fingerprint density at radius 1 is 1.14 bits per heavy atom. The first-order valence-corrected chi connectivity index (χ1v) is 9.96. The molecule has 0 saturated carbocycles. The van der Waals surface area contributed by atoms with Crippen LogP contribution >= 0.6 is 23.4 Å². The van der Waals surface area contributed by atoms with Gasteiger partial charge in [-0.3, -0.25) is 4.79 Å². The topological polar surface area (TPSA) is 51.0 Å². The minimum absolute atomic E-state index is 0.0493. The number of halogens is 4. The molecule has 0 aliphatic carbocycles. The van der Waals surface area contributed by atoms with Gasteiger partial charge in [0, 0.05) is 24.7 Å². The zero-order valence-corrected chi connectivity index (χ0v) is 17.0. The molecule has 0 aliphatic rings. The predicted octanol–water partition coefficient (Wildman–Crippen LogP) is 4.66. The number of pyridine rings is 1. The second-order valence-electron chi connectivity index (χ2n) is 6.17. The molecule has 2 aromatic heterocycles. The van der Waals surface area contributed by atoms with Crippen molar-refractivity contribution in [1.29, 1.82) is 0 Å². The summed E-state index contributed by atoms with van der Waals surface area (Å²) in [5, 5.41) is 3.93. The highest BCUT2D eigenvalue weighted by molar-refractivity contribution is 7.98. The van der Waals surface area contributed by atoms with Crippen LogP contribution in [0, 0.1) is 0 Å². The molecule has 0 unspecified atom stereocenters. The normalized spacial score (nSPS) is 11.5. The Labute approximate surface area is 174 Å². The lowest BCUT2D eigenvalue weighted by molar-refractivity contribution is -0.137. The molecule has 3 aromatic rings. The van der Waals surface area contributed by atoms with Gasteiger partial charge in [-0.25, -0.2) is 4.98 Å².